The lowest BCUT2D eigenvalue weighted by atomic mass is 9.85. The number of carbonyl (C=O) groups excluding carboxylic acids is 8. The quantitative estimate of drug-likeness (QED) is 0.114. The zero-order valence-corrected chi connectivity index (χ0v) is 44.0. The zero-order valence-electron chi connectivity index (χ0n) is 44.0. The summed E-state index contributed by atoms with van der Waals surface area (Å²) >= 11 is 0. The van der Waals surface area contributed by atoms with Gasteiger partial charge in [-0.15, -0.1) is 0 Å². The molecule has 4 aliphatic rings. The van der Waals surface area contributed by atoms with Crippen molar-refractivity contribution in [2.75, 3.05) is 27.2 Å². The van der Waals surface area contributed by atoms with E-state index >= 15 is 0 Å². The molecule has 2 aliphatic heterocycles. The number of nitrogens with zero attached hydrogens (tertiary/aromatic N) is 2. The Morgan fingerprint density at radius 1 is 0.611 bits per heavy atom. The number of nitrogens with one attached hydrogen (secondary N) is 7. The number of ketones is 1. The lowest BCUT2D eigenvalue weighted by molar-refractivity contribution is -0.144. The molecule has 2 aromatic rings. The van der Waals surface area contributed by atoms with Crippen LogP contribution in [0.1, 0.15) is 135 Å². The summed E-state index contributed by atoms with van der Waals surface area (Å²) in [6.07, 6.45) is 7.62. The van der Waals surface area contributed by atoms with Crippen LogP contribution < -0.4 is 37.2 Å². The van der Waals surface area contributed by atoms with E-state index in [0.29, 0.717) is 0 Å². The van der Waals surface area contributed by atoms with Gasteiger partial charge in [0, 0.05) is 31.6 Å². The highest BCUT2D eigenvalue weighted by Gasteiger charge is 2.48. The molecule has 17 heteroatoms. The van der Waals surface area contributed by atoms with Crippen LogP contribution in [0.2, 0.25) is 0 Å². The Morgan fingerprint density at radius 3 is 1.51 bits per heavy atom. The molecule has 392 valence electrons. The molecule has 2 saturated heterocycles. The molecule has 2 heterocycles. The minimum atomic E-state index is -0.991. The van der Waals surface area contributed by atoms with Gasteiger partial charge in [0.25, 0.3) is 0 Å². The van der Waals surface area contributed by atoms with Crippen molar-refractivity contribution in [1.29, 1.82) is 0 Å². The molecule has 0 radical (unpaired) electrons. The molecule has 6 rings (SSSR count). The smallest absolute Gasteiger partial charge is 0.246 e. The summed E-state index contributed by atoms with van der Waals surface area (Å²) < 4.78 is 0. The van der Waals surface area contributed by atoms with Crippen molar-refractivity contribution in [3.05, 3.63) is 82.9 Å². The maximum Gasteiger partial charge on any atom is 0.246 e. The van der Waals surface area contributed by atoms with Gasteiger partial charge >= 0.3 is 0 Å². The van der Waals surface area contributed by atoms with Gasteiger partial charge in [0.05, 0.1) is 24.2 Å². The number of hydrogen-bond donors (Lipinski definition) is 7. The number of carbonyl (C=O) groups is 8. The van der Waals surface area contributed by atoms with E-state index in [-0.39, 0.29) is 73.8 Å². The van der Waals surface area contributed by atoms with Crippen LogP contribution in [-0.4, -0.2) is 126 Å². The second-order valence-electron chi connectivity index (χ2n) is 22.5. The van der Waals surface area contributed by atoms with Crippen molar-refractivity contribution in [3.8, 4) is 0 Å². The number of allylic oxidation sites excluding steroid dienone is 1. The van der Waals surface area contributed by atoms with Gasteiger partial charge in [-0.3, -0.25) is 38.4 Å². The van der Waals surface area contributed by atoms with Gasteiger partial charge in [-0.2, -0.15) is 0 Å². The van der Waals surface area contributed by atoms with Gasteiger partial charge < -0.3 is 47.0 Å². The molecular weight excluding hydrogens is 915 g/mol. The fraction of sp³-hybridized carbons (Fsp3) is 0.600. The van der Waals surface area contributed by atoms with Crippen molar-refractivity contribution < 1.29 is 38.4 Å². The normalized spacial score (nSPS) is 23.7. The van der Waals surface area contributed by atoms with E-state index in [1.165, 1.54) is 21.4 Å². The lowest BCUT2D eigenvalue weighted by Gasteiger charge is -2.36. The van der Waals surface area contributed by atoms with E-state index in [9.17, 15) is 38.4 Å². The van der Waals surface area contributed by atoms with Crippen LogP contribution in [0.15, 0.2) is 60.7 Å². The topological polar surface area (TPSA) is 227 Å². The van der Waals surface area contributed by atoms with E-state index in [2.05, 4.69) is 49.4 Å². The number of likely N-dealkylation sites (N-methyl/N-ethyl adjacent to an activating group) is 2. The highest BCUT2D eigenvalue weighted by Crippen LogP contribution is 2.35. The molecular formula is C55H79N9O8. The van der Waals surface area contributed by atoms with Gasteiger partial charge in [-0.25, -0.2) is 0 Å². The van der Waals surface area contributed by atoms with Crippen molar-refractivity contribution in [2.24, 2.45) is 16.7 Å². The molecule has 0 aromatic heterocycles. The van der Waals surface area contributed by atoms with Crippen molar-refractivity contribution in [3.63, 3.8) is 0 Å². The summed E-state index contributed by atoms with van der Waals surface area (Å²) in [6, 6.07) is 9.83. The van der Waals surface area contributed by atoms with Crippen LogP contribution in [0.3, 0.4) is 0 Å². The number of fused-ring (bicyclic) bond motifs is 2. The Morgan fingerprint density at radius 2 is 1.06 bits per heavy atom. The molecule has 0 unspecified atom stereocenters. The van der Waals surface area contributed by atoms with E-state index in [1.807, 2.05) is 77.9 Å². The predicted octanol–water partition coefficient (Wildman–Crippen LogP) is 3.47. The van der Waals surface area contributed by atoms with Crippen LogP contribution in [-0.2, 0) is 51.2 Å². The van der Waals surface area contributed by atoms with E-state index < -0.39 is 76.8 Å². The van der Waals surface area contributed by atoms with Crippen LogP contribution in [0, 0.1) is 16.7 Å². The van der Waals surface area contributed by atoms with E-state index in [0.717, 1.165) is 61.3 Å². The number of rotatable bonds is 17. The minimum absolute atomic E-state index is 0.0125. The molecule has 10 atom stereocenters. The Balaban J connectivity index is 1.17. The lowest BCUT2D eigenvalue weighted by Crippen LogP contribution is -2.59. The summed E-state index contributed by atoms with van der Waals surface area (Å²) in [5.41, 5.74) is 2.95. The molecule has 7 amide bonds. The Kier molecular flexibility index (Phi) is 18.3. The predicted molar refractivity (Wildman–Crippen MR) is 275 cm³/mol. The highest BCUT2D eigenvalue weighted by atomic mass is 16.2. The average Bonchev–Trinajstić information content (AvgIpc) is 3.97. The monoisotopic (exact) mass is 994 g/mol. The molecule has 0 saturated carbocycles. The molecule has 2 fully saturated rings. The van der Waals surface area contributed by atoms with E-state index in [1.54, 1.807) is 27.9 Å². The Bertz CT molecular complexity index is 2210. The van der Waals surface area contributed by atoms with Crippen LogP contribution >= 0.6 is 0 Å². The molecule has 72 heavy (non-hydrogen) atoms. The first-order valence-corrected chi connectivity index (χ1v) is 25.8. The molecule has 0 spiro atoms. The SMILES string of the molecule is CN[C@@H](C)C(=O)N[C@H](C(=O)N1C[C@@H](CC(=O)/C=C/C(=O)N[C@H]2C[C@@H](C(=O)N[C@@H]3CCCc4ccccc43)N(C(=O)[C@@H](NC(=O)[C@H](C)NC)C(C)(C)C)C2)C[C@H]1C(=O)N[C@@H]1CCCc2ccccc21)C(C)(C)C. The van der Waals surface area contributed by atoms with Gasteiger partial charge in [0.1, 0.15) is 24.2 Å². The summed E-state index contributed by atoms with van der Waals surface area (Å²) in [5.74, 6) is -3.72. The summed E-state index contributed by atoms with van der Waals surface area (Å²) in [5, 5.41) is 20.9. The van der Waals surface area contributed by atoms with Crippen molar-refractivity contribution in [1.82, 2.24) is 47.0 Å². The second kappa shape index (κ2) is 23.7. The van der Waals surface area contributed by atoms with Crippen molar-refractivity contribution >= 4 is 47.1 Å². The standard InChI is InChI=1S/C55H79N9O8/c1-32(56-9)48(67)61-46(54(3,4)5)52(71)63-30-34(28-43(63)50(69)59-41-23-15-19-35-17-11-13-21-39(35)41)27-38(65)25-26-45(66)58-37-29-44(51(70)60-42-24-16-20-36-18-12-14-22-40(36)42)64(31-37)53(72)47(55(6,7)8)62-49(68)33(2)57-10/h11-14,17-18,21-22,25-26,32-34,37,41-44,46-47,56-57H,15-16,19-20,23-24,27-31H2,1-10H3,(H,58,66)(H,59,69)(H,60,70)(H,61,67)(H,62,68)/b26-25+/t32-,33-,34-,37-,41+,42+,43-,44-,46+,47+/m0/s1. The largest absolute Gasteiger partial charge is 0.348 e. The number of likely N-dealkylation sites (tertiary alicyclic amines) is 2. The number of amides is 7. The fourth-order valence-corrected chi connectivity index (χ4v) is 10.5. The van der Waals surface area contributed by atoms with Gasteiger partial charge in [-0.1, -0.05) is 90.1 Å². The van der Waals surface area contributed by atoms with Crippen molar-refractivity contribution in [2.45, 2.75) is 168 Å². The third-order valence-electron chi connectivity index (χ3n) is 14.9. The first-order valence-electron chi connectivity index (χ1n) is 25.8. The molecule has 2 aliphatic carbocycles. The fourth-order valence-electron chi connectivity index (χ4n) is 10.5. The first kappa shape index (κ1) is 55.4. The molecule has 2 aromatic carbocycles. The van der Waals surface area contributed by atoms with E-state index in [4.69, 9.17) is 0 Å². The maximum atomic E-state index is 14.6. The third kappa shape index (κ3) is 13.6. The third-order valence-corrected chi connectivity index (χ3v) is 14.9. The number of benzene rings is 2. The second-order valence-corrected chi connectivity index (χ2v) is 22.5. The molecule has 7 N–H and O–H groups in total. The van der Waals surface area contributed by atoms with Gasteiger partial charge in [0.15, 0.2) is 5.78 Å². The summed E-state index contributed by atoms with van der Waals surface area (Å²) in [7, 11) is 3.30. The minimum Gasteiger partial charge on any atom is -0.348 e. The highest BCUT2D eigenvalue weighted by molar-refractivity contribution is 5.99. The Hall–Kier alpha value is -5.94. The number of hydrogen-bond acceptors (Lipinski definition) is 10. The zero-order chi connectivity index (χ0) is 52.7. The average molecular weight is 994 g/mol. The molecule has 17 nitrogen and oxygen atoms in total. The maximum absolute atomic E-state index is 14.6. The number of aryl methyl sites for hydroxylation is 2. The molecule has 0 bridgehead atoms. The van der Waals surface area contributed by atoms with Gasteiger partial charge in [-0.05, 0) is 124 Å². The van der Waals surface area contributed by atoms with Crippen LogP contribution in [0.5, 0.6) is 0 Å². The summed E-state index contributed by atoms with van der Waals surface area (Å²) in [6.45, 7) is 14.5. The Labute approximate surface area is 425 Å². The summed E-state index contributed by atoms with van der Waals surface area (Å²) in [4.78, 5) is 114. The van der Waals surface area contributed by atoms with Crippen LogP contribution in [0.25, 0.3) is 0 Å². The first-order chi connectivity index (χ1) is 34.0. The van der Waals surface area contributed by atoms with Gasteiger partial charge in [0.2, 0.25) is 41.4 Å². The van der Waals surface area contributed by atoms with Crippen LogP contribution in [0.4, 0.5) is 0 Å².